The Morgan fingerprint density at radius 1 is 1.29 bits per heavy atom. The second-order valence-corrected chi connectivity index (χ2v) is 7.48. The summed E-state index contributed by atoms with van der Waals surface area (Å²) in [5, 5.41) is 4.02. The maximum absolute atomic E-state index is 6.30. The van der Waals surface area contributed by atoms with Gasteiger partial charge in [0.05, 0.1) is 10.7 Å². The average Bonchev–Trinajstić information content (AvgIpc) is 2.42. The molecule has 1 aliphatic heterocycles. The number of rotatable bonds is 4. The van der Waals surface area contributed by atoms with Crippen LogP contribution in [-0.2, 0) is 6.54 Å². The number of anilines is 1. The van der Waals surface area contributed by atoms with E-state index in [1.807, 2.05) is 12.1 Å². The van der Waals surface area contributed by atoms with E-state index in [4.69, 9.17) is 11.6 Å². The molecule has 1 aliphatic rings. The summed E-state index contributed by atoms with van der Waals surface area (Å²) in [6, 6.07) is 3.89. The molecule has 0 aromatic carbocycles. The Balaban J connectivity index is 1.95. The summed E-state index contributed by atoms with van der Waals surface area (Å²) in [7, 11) is 0. The molecule has 1 aromatic rings. The minimum Gasteiger partial charge on any atom is -0.370 e. The SMILES string of the molecule is CCNc1ccc(Cl)c(CN2CCC(C(C)(C)C)CC2)n1. The van der Waals surface area contributed by atoms with Gasteiger partial charge in [0.1, 0.15) is 5.82 Å². The molecule has 0 spiro atoms. The van der Waals surface area contributed by atoms with Gasteiger partial charge in [-0.15, -0.1) is 0 Å². The molecule has 3 nitrogen and oxygen atoms in total. The van der Waals surface area contributed by atoms with Crippen LogP contribution in [0.3, 0.4) is 0 Å². The second kappa shape index (κ2) is 6.97. The monoisotopic (exact) mass is 309 g/mol. The third-order valence-electron chi connectivity index (χ3n) is 4.46. The number of halogens is 1. The summed E-state index contributed by atoms with van der Waals surface area (Å²) in [6.07, 6.45) is 2.54. The smallest absolute Gasteiger partial charge is 0.126 e. The minimum absolute atomic E-state index is 0.424. The van der Waals surface area contributed by atoms with E-state index >= 15 is 0 Å². The second-order valence-electron chi connectivity index (χ2n) is 7.07. The summed E-state index contributed by atoms with van der Waals surface area (Å²) >= 11 is 6.30. The first kappa shape index (κ1) is 16.6. The van der Waals surface area contributed by atoms with Crippen LogP contribution in [0, 0.1) is 11.3 Å². The van der Waals surface area contributed by atoms with Gasteiger partial charge < -0.3 is 5.32 Å². The van der Waals surface area contributed by atoms with E-state index in [1.54, 1.807) is 0 Å². The third-order valence-corrected chi connectivity index (χ3v) is 4.81. The topological polar surface area (TPSA) is 28.2 Å². The molecule has 0 atom stereocenters. The lowest BCUT2D eigenvalue weighted by Crippen LogP contribution is -2.37. The maximum Gasteiger partial charge on any atom is 0.126 e. The van der Waals surface area contributed by atoms with E-state index < -0.39 is 0 Å². The maximum atomic E-state index is 6.30. The molecule has 1 fully saturated rings. The van der Waals surface area contributed by atoms with Crippen molar-refractivity contribution in [2.45, 2.75) is 47.1 Å². The summed E-state index contributed by atoms with van der Waals surface area (Å²) in [5.74, 6) is 1.74. The number of likely N-dealkylation sites (tertiary alicyclic amines) is 1. The highest BCUT2D eigenvalue weighted by molar-refractivity contribution is 6.31. The van der Waals surface area contributed by atoms with Crippen LogP contribution in [0.5, 0.6) is 0 Å². The van der Waals surface area contributed by atoms with Crippen LogP contribution in [0.15, 0.2) is 12.1 Å². The Bertz CT molecular complexity index is 460. The fourth-order valence-corrected chi connectivity index (χ4v) is 3.21. The van der Waals surface area contributed by atoms with Crippen molar-refractivity contribution >= 4 is 17.4 Å². The molecule has 0 unspecified atom stereocenters. The van der Waals surface area contributed by atoms with Gasteiger partial charge in [-0.05, 0) is 56.3 Å². The lowest BCUT2D eigenvalue weighted by atomic mass is 9.75. The number of nitrogens with zero attached hydrogens (tertiary/aromatic N) is 2. The first-order valence-electron chi connectivity index (χ1n) is 8.01. The minimum atomic E-state index is 0.424. The van der Waals surface area contributed by atoms with Crippen LogP contribution in [0.2, 0.25) is 5.02 Å². The van der Waals surface area contributed by atoms with E-state index in [9.17, 15) is 0 Å². The summed E-state index contributed by atoms with van der Waals surface area (Å²) in [4.78, 5) is 7.12. The van der Waals surface area contributed by atoms with Gasteiger partial charge in [0.2, 0.25) is 0 Å². The van der Waals surface area contributed by atoms with Crippen molar-refractivity contribution in [2.24, 2.45) is 11.3 Å². The fourth-order valence-electron chi connectivity index (χ4n) is 3.04. The van der Waals surface area contributed by atoms with E-state index in [-0.39, 0.29) is 0 Å². The molecule has 2 heterocycles. The molecule has 0 aliphatic carbocycles. The van der Waals surface area contributed by atoms with Crippen molar-refractivity contribution in [3.63, 3.8) is 0 Å². The number of nitrogens with one attached hydrogen (secondary N) is 1. The zero-order valence-corrected chi connectivity index (χ0v) is 14.5. The Morgan fingerprint density at radius 2 is 1.95 bits per heavy atom. The molecule has 1 aromatic heterocycles. The molecular weight excluding hydrogens is 282 g/mol. The summed E-state index contributed by atoms with van der Waals surface area (Å²) in [5.41, 5.74) is 1.41. The lowest BCUT2D eigenvalue weighted by Gasteiger charge is -2.38. The molecule has 0 radical (unpaired) electrons. The molecule has 0 saturated carbocycles. The highest BCUT2D eigenvalue weighted by Crippen LogP contribution is 2.34. The average molecular weight is 310 g/mol. The molecule has 1 saturated heterocycles. The zero-order chi connectivity index (χ0) is 15.5. The van der Waals surface area contributed by atoms with Gasteiger partial charge >= 0.3 is 0 Å². The number of hydrogen-bond donors (Lipinski definition) is 1. The van der Waals surface area contributed by atoms with Crippen molar-refractivity contribution in [1.29, 1.82) is 0 Å². The predicted octanol–water partition coefficient (Wildman–Crippen LogP) is 4.42. The van der Waals surface area contributed by atoms with Crippen molar-refractivity contribution in [3.8, 4) is 0 Å². The number of hydrogen-bond acceptors (Lipinski definition) is 3. The third kappa shape index (κ3) is 4.58. The lowest BCUT2D eigenvalue weighted by molar-refractivity contribution is 0.107. The highest BCUT2D eigenvalue weighted by Gasteiger charge is 2.28. The van der Waals surface area contributed by atoms with Crippen LogP contribution in [-0.4, -0.2) is 29.5 Å². The van der Waals surface area contributed by atoms with Crippen LogP contribution in [0.1, 0.15) is 46.2 Å². The van der Waals surface area contributed by atoms with Crippen molar-refractivity contribution in [2.75, 3.05) is 25.0 Å². The molecule has 4 heteroatoms. The molecule has 1 N–H and O–H groups in total. The van der Waals surface area contributed by atoms with Crippen LogP contribution in [0.25, 0.3) is 0 Å². The van der Waals surface area contributed by atoms with Gasteiger partial charge in [0.15, 0.2) is 0 Å². The first-order valence-corrected chi connectivity index (χ1v) is 8.39. The first-order chi connectivity index (χ1) is 9.90. The van der Waals surface area contributed by atoms with Crippen LogP contribution < -0.4 is 5.32 Å². The Morgan fingerprint density at radius 3 is 2.52 bits per heavy atom. The normalized spacial score (nSPS) is 18.0. The molecular formula is C17H28ClN3. The van der Waals surface area contributed by atoms with Gasteiger partial charge in [0.25, 0.3) is 0 Å². The van der Waals surface area contributed by atoms with E-state index in [2.05, 4.69) is 42.9 Å². The predicted molar refractivity (Wildman–Crippen MR) is 90.9 cm³/mol. The van der Waals surface area contributed by atoms with Crippen LogP contribution in [0.4, 0.5) is 5.82 Å². The number of piperidine rings is 1. The fraction of sp³-hybridized carbons (Fsp3) is 0.706. The molecule has 0 amide bonds. The van der Waals surface area contributed by atoms with Crippen molar-refractivity contribution in [1.82, 2.24) is 9.88 Å². The van der Waals surface area contributed by atoms with Gasteiger partial charge in [0, 0.05) is 13.1 Å². The van der Waals surface area contributed by atoms with Crippen molar-refractivity contribution in [3.05, 3.63) is 22.8 Å². The standard InChI is InChI=1S/C17H28ClN3/c1-5-19-16-7-6-14(18)15(20-16)12-21-10-8-13(9-11-21)17(2,3)4/h6-7,13H,5,8-12H2,1-4H3,(H,19,20). The number of pyridine rings is 1. The molecule has 0 bridgehead atoms. The molecule has 21 heavy (non-hydrogen) atoms. The largest absolute Gasteiger partial charge is 0.370 e. The molecule has 2 rings (SSSR count). The zero-order valence-electron chi connectivity index (χ0n) is 13.7. The Hall–Kier alpha value is -0.800. The van der Waals surface area contributed by atoms with E-state index in [1.165, 1.54) is 12.8 Å². The quantitative estimate of drug-likeness (QED) is 0.892. The van der Waals surface area contributed by atoms with E-state index in [0.29, 0.717) is 5.41 Å². The summed E-state index contributed by atoms with van der Waals surface area (Å²) < 4.78 is 0. The highest BCUT2D eigenvalue weighted by atomic mass is 35.5. The van der Waals surface area contributed by atoms with Gasteiger partial charge in [-0.25, -0.2) is 4.98 Å². The Kier molecular flexibility index (Phi) is 5.50. The Labute approximate surface area is 134 Å². The van der Waals surface area contributed by atoms with Gasteiger partial charge in [-0.1, -0.05) is 32.4 Å². The van der Waals surface area contributed by atoms with Crippen molar-refractivity contribution < 1.29 is 0 Å². The summed E-state index contributed by atoms with van der Waals surface area (Å²) in [6.45, 7) is 13.2. The van der Waals surface area contributed by atoms with Crippen LogP contribution >= 0.6 is 11.6 Å². The molecule has 118 valence electrons. The van der Waals surface area contributed by atoms with E-state index in [0.717, 1.165) is 48.6 Å². The van der Waals surface area contributed by atoms with Gasteiger partial charge in [-0.3, -0.25) is 4.90 Å². The number of aromatic nitrogens is 1. The van der Waals surface area contributed by atoms with Gasteiger partial charge in [-0.2, -0.15) is 0 Å².